The smallest absolute Gasteiger partial charge is 0.223 e. The van der Waals surface area contributed by atoms with Crippen molar-refractivity contribution in [3.63, 3.8) is 0 Å². The maximum atomic E-state index is 12.3. The highest BCUT2D eigenvalue weighted by molar-refractivity contribution is 5.76. The molecule has 2 aliphatic rings. The van der Waals surface area contributed by atoms with Gasteiger partial charge < -0.3 is 14.7 Å². The highest BCUT2D eigenvalue weighted by Gasteiger charge is 2.31. The maximum Gasteiger partial charge on any atom is 0.223 e. The van der Waals surface area contributed by atoms with E-state index in [0.717, 1.165) is 52.0 Å². The molecule has 1 N–H and O–H groups in total. The molecular weight excluding hydrogens is 280 g/mol. The van der Waals surface area contributed by atoms with E-state index in [-0.39, 0.29) is 18.1 Å². The van der Waals surface area contributed by atoms with E-state index < -0.39 is 0 Å². The Morgan fingerprint density at radius 3 is 2.50 bits per heavy atom. The molecule has 2 saturated heterocycles. The molecule has 1 amide bonds. The van der Waals surface area contributed by atoms with Crippen LogP contribution >= 0.6 is 0 Å². The molecule has 0 aliphatic carbocycles. The average Bonchev–Trinajstić information content (AvgIpc) is 2.46. The zero-order chi connectivity index (χ0) is 16.2. The number of carbonyl (C=O) groups is 1. The predicted molar refractivity (Wildman–Crippen MR) is 86.7 cm³/mol. The zero-order valence-corrected chi connectivity index (χ0v) is 14.4. The summed E-state index contributed by atoms with van der Waals surface area (Å²) in [6, 6.07) is 0.559. The quantitative estimate of drug-likeness (QED) is 0.855. The van der Waals surface area contributed by atoms with Gasteiger partial charge >= 0.3 is 0 Å². The second-order valence-corrected chi connectivity index (χ2v) is 7.85. The summed E-state index contributed by atoms with van der Waals surface area (Å²) >= 11 is 0. The van der Waals surface area contributed by atoms with Gasteiger partial charge in [-0.05, 0) is 24.7 Å². The molecule has 0 radical (unpaired) electrons. The lowest BCUT2D eigenvalue weighted by atomic mass is 9.91. The van der Waals surface area contributed by atoms with Crippen LogP contribution in [0.4, 0.5) is 0 Å². The summed E-state index contributed by atoms with van der Waals surface area (Å²) in [5.74, 6) is 0.297. The number of hydrogen-bond acceptors (Lipinski definition) is 4. The van der Waals surface area contributed by atoms with E-state index in [2.05, 4.69) is 25.7 Å². The molecule has 0 unspecified atom stereocenters. The van der Waals surface area contributed by atoms with Gasteiger partial charge in [-0.3, -0.25) is 9.69 Å². The number of carbonyl (C=O) groups excluding carboxylic acids is 1. The predicted octanol–water partition coefficient (Wildman–Crippen LogP) is 1.50. The third kappa shape index (κ3) is 5.21. The standard InChI is InChI=1S/C17H32N2O3/c1-17(2,3)12-16(21)18-7-4-14(5-8-18)19-9-11-22-15(13-19)6-10-20/h14-15,20H,4-13H2,1-3H3/t15-/m1/s1. The van der Waals surface area contributed by atoms with Crippen LogP contribution in [-0.2, 0) is 9.53 Å². The summed E-state index contributed by atoms with van der Waals surface area (Å²) in [5, 5.41) is 9.06. The van der Waals surface area contributed by atoms with Crippen molar-refractivity contribution < 1.29 is 14.6 Å². The Morgan fingerprint density at radius 2 is 1.91 bits per heavy atom. The molecular formula is C17H32N2O3. The van der Waals surface area contributed by atoms with Crippen LogP contribution < -0.4 is 0 Å². The molecule has 2 rings (SSSR count). The molecule has 1 atom stereocenters. The van der Waals surface area contributed by atoms with Gasteiger partial charge in [-0.25, -0.2) is 0 Å². The van der Waals surface area contributed by atoms with Crippen LogP contribution in [0.15, 0.2) is 0 Å². The van der Waals surface area contributed by atoms with Crippen LogP contribution in [0.1, 0.15) is 46.5 Å². The first-order valence-corrected chi connectivity index (χ1v) is 8.63. The molecule has 5 heteroatoms. The first kappa shape index (κ1) is 17.7. The van der Waals surface area contributed by atoms with E-state index >= 15 is 0 Å². The number of ether oxygens (including phenoxy) is 1. The topological polar surface area (TPSA) is 53.0 Å². The zero-order valence-electron chi connectivity index (χ0n) is 14.4. The fraction of sp³-hybridized carbons (Fsp3) is 0.941. The molecule has 0 aromatic rings. The van der Waals surface area contributed by atoms with Crippen molar-refractivity contribution in [3.8, 4) is 0 Å². The van der Waals surface area contributed by atoms with Crippen molar-refractivity contribution in [3.05, 3.63) is 0 Å². The highest BCUT2D eigenvalue weighted by atomic mass is 16.5. The normalized spacial score (nSPS) is 25.5. The number of rotatable bonds is 4. The summed E-state index contributed by atoms with van der Waals surface area (Å²) in [5.41, 5.74) is 0.0651. The molecule has 2 aliphatic heterocycles. The third-order valence-electron chi connectivity index (χ3n) is 4.64. The number of likely N-dealkylation sites (tertiary alicyclic amines) is 1. The highest BCUT2D eigenvalue weighted by Crippen LogP contribution is 2.24. The van der Waals surface area contributed by atoms with Crippen LogP contribution in [0.3, 0.4) is 0 Å². The van der Waals surface area contributed by atoms with Gasteiger partial charge in [-0.2, -0.15) is 0 Å². The number of morpholine rings is 1. The summed E-state index contributed by atoms with van der Waals surface area (Å²) in [6.45, 7) is 10.9. The maximum absolute atomic E-state index is 12.3. The molecule has 0 saturated carbocycles. The Bertz CT molecular complexity index is 357. The van der Waals surface area contributed by atoms with E-state index in [1.807, 2.05) is 4.90 Å². The minimum Gasteiger partial charge on any atom is -0.396 e. The summed E-state index contributed by atoms with van der Waals surface area (Å²) in [4.78, 5) is 16.8. The summed E-state index contributed by atoms with van der Waals surface area (Å²) in [6.07, 6.45) is 3.63. The van der Waals surface area contributed by atoms with Crippen LogP contribution in [0.25, 0.3) is 0 Å². The summed E-state index contributed by atoms with van der Waals surface area (Å²) < 4.78 is 5.69. The van der Waals surface area contributed by atoms with E-state index in [4.69, 9.17) is 9.84 Å². The Labute approximate surface area is 134 Å². The van der Waals surface area contributed by atoms with Gasteiger partial charge in [0.1, 0.15) is 0 Å². The minimum absolute atomic E-state index is 0.0651. The van der Waals surface area contributed by atoms with Crippen molar-refractivity contribution in [2.45, 2.75) is 58.6 Å². The molecule has 2 heterocycles. The van der Waals surface area contributed by atoms with Gasteiger partial charge in [0.25, 0.3) is 0 Å². The van der Waals surface area contributed by atoms with E-state index in [9.17, 15) is 4.79 Å². The van der Waals surface area contributed by atoms with Crippen LogP contribution in [0, 0.1) is 5.41 Å². The first-order valence-electron chi connectivity index (χ1n) is 8.63. The molecule has 22 heavy (non-hydrogen) atoms. The van der Waals surface area contributed by atoms with E-state index in [1.165, 1.54) is 0 Å². The Hall–Kier alpha value is -0.650. The van der Waals surface area contributed by atoms with Crippen molar-refractivity contribution >= 4 is 5.91 Å². The van der Waals surface area contributed by atoms with Gasteiger partial charge in [0, 0.05) is 45.2 Å². The Kier molecular flexibility index (Phi) is 6.24. The molecule has 5 nitrogen and oxygen atoms in total. The fourth-order valence-electron chi connectivity index (χ4n) is 3.44. The van der Waals surface area contributed by atoms with Crippen LogP contribution in [-0.4, -0.2) is 72.4 Å². The average molecular weight is 312 g/mol. The van der Waals surface area contributed by atoms with Crippen LogP contribution in [0.5, 0.6) is 0 Å². The second-order valence-electron chi connectivity index (χ2n) is 7.85. The minimum atomic E-state index is 0.0651. The van der Waals surface area contributed by atoms with Crippen molar-refractivity contribution in [1.29, 1.82) is 0 Å². The Balaban J connectivity index is 1.78. The number of amides is 1. The van der Waals surface area contributed by atoms with Gasteiger partial charge in [-0.15, -0.1) is 0 Å². The molecule has 0 aromatic carbocycles. The fourth-order valence-corrected chi connectivity index (χ4v) is 3.44. The van der Waals surface area contributed by atoms with Crippen molar-refractivity contribution in [1.82, 2.24) is 9.80 Å². The van der Waals surface area contributed by atoms with Gasteiger partial charge in [0.15, 0.2) is 0 Å². The first-order chi connectivity index (χ1) is 10.4. The lowest BCUT2D eigenvalue weighted by Gasteiger charge is -2.42. The lowest BCUT2D eigenvalue weighted by molar-refractivity contribution is -0.135. The molecule has 0 aromatic heterocycles. The number of aliphatic hydroxyl groups excluding tert-OH is 1. The van der Waals surface area contributed by atoms with Gasteiger partial charge in [-0.1, -0.05) is 20.8 Å². The lowest BCUT2D eigenvalue weighted by Crippen LogP contribution is -2.52. The van der Waals surface area contributed by atoms with Gasteiger partial charge in [0.05, 0.1) is 12.7 Å². The number of piperidine rings is 1. The molecule has 0 bridgehead atoms. The van der Waals surface area contributed by atoms with Crippen LogP contribution in [0.2, 0.25) is 0 Å². The third-order valence-corrected chi connectivity index (χ3v) is 4.64. The largest absolute Gasteiger partial charge is 0.396 e. The van der Waals surface area contributed by atoms with E-state index in [1.54, 1.807) is 0 Å². The number of aliphatic hydroxyl groups is 1. The monoisotopic (exact) mass is 312 g/mol. The summed E-state index contributed by atoms with van der Waals surface area (Å²) in [7, 11) is 0. The molecule has 0 spiro atoms. The second kappa shape index (κ2) is 7.75. The number of nitrogens with zero attached hydrogens (tertiary/aromatic N) is 2. The molecule has 128 valence electrons. The van der Waals surface area contributed by atoms with Crippen molar-refractivity contribution in [2.75, 3.05) is 39.4 Å². The van der Waals surface area contributed by atoms with Gasteiger partial charge in [0.2, 0.25) is 5.91 Å². The Morgan fingerprint density at radius 1 is 1.23 bits per heavy atom. The number of hydrogen-bond donors (Lipinski definition) is 1. The van der Waals surface area contributed by atoms with E-state index in [0.29, 0.717) is 18.4 Å². The molecule has 2 fully saturated rings. The van der Waals surface area contributed by atoms with Crippen molar-refractivity contribution in [2.24, 2.45) is 5.41 Å². The SMILES string of the molecule is CC(C)(C)CC(=O)N1CCC(N2CCO[C@H](CCO)C2)CC1.